The van der Waals surface area contributed by atoms with Gasteiger partial charge < -0.3 is 9.15 Å². The van der Waals surface area contributed by atoms with Crippen LogP contribution in [-0.4, -0.2) is 12.1 Å². The molecule has 0 unspecified atom stereocenters. The van der Waals surface area contributed by atoms with Crippen molar-refractivity contribution < 1.29 is 13.9 Å². The van der Waals surface area contributed by atoms with E-state index < -0.39 is 5.97 Å². The summed E-state index contributed by atoms with van der Waals surface area (Å²) in [6, 6.07) is 15.0. The molecule has 0 fully saturated rings. The number of carbonyl (C=O) groups excluding carboxylic acids is 1. The van der Waals surface area contributed by atoms with Crippen molar-refractivity contribution in [3.8, 4) is 17.4 Å². The van der Waals surface area contributed by atoms with Gasteiger partial charge in [-0.2, -0.15) is 5.26 Å². The number of nitrogens with zero attached hydrogens (tertiary/aromatic N) is 1. The van der Waals surface area contributed by atoms with E-state index in [1.807, 2.05) is 43.3 Å². The molecular weight excluding hydrogens is 278 g/mol. The summed E-state index contributed by atoms with van der Waals surface area (Å²) in [5.41, 5.74) is 0.858. The van der Waals surface area contributed by atoms with Crippen molar-refractivity contribution in [2.24, 2.45) is 0 Å². The first-order valence-corrected chi connectivity index (χ1v) is 7.12. The van der Waals surface area contributed by atoms with Crippen molar-refractivity contribution in [1.29, 1.82) is 5.26 Å². The summed E-state index contributed by atoms with van der Waals surface area (Å²) in [5.74, 6) is 0.491. The van der Waals surface area contributed by atoms with Crippen LogP contribution in [0, 0.1) is 11.3 Å². The highest BCUT2D eigenvalue weighted by Crippen LogP contribution is 2.23. The Morgan fingerprint density at radius 1 is 1.32 bits per heavy atom. The van der Waals surface area contributed by atoms with Crippen LogP contribution in [0.4, 0.5) is 0 Å². The summed E-state index contributed by atoms with van der Waals surface area (Å²) >= 11 is 0. The Morgan fingerprint density at radius 2 is 2.05 bits per heavy atom. The standard InChI is InChI=1S/C18H17NO3/c1-3-13(2)21-18(20)15(12-19)11-16-9-10-17(22-16)14-7-5-4-6-8-14/h4-11,13H,3H2,1-2H3/b15-11+/t13-/m1/s1. The normalized spacial score (nSPS) is 12.5. The van der Waals surface area contributed by atoms with Crippen LogP contribution in [-0.2, 0) is 9.53 Å². The molecule has 22 heavy (non-hydrogen) atoms. The Morgan fingerprint density at radius 3 is 2.68 bits per heavy atom. The molecule has 0 spiro atoms. The second-order valence-electron chi connectivity index (χ2n) is 4.86. The molecule has 0 N–H and O–H groups in total. The number of carbonyl (C=O) groups is 1. The van der Waals surface area contributed by atoms with Gasteiger partial charge in [0.1, 0.15) is 23.2 Å². The first-order valence-electron chi connectivity index (χ1n) is 7.12. The third kappa shape index (κ3) is 3.86. The molecule has 1 atom stereocenters. The second-order valence-corrected chi connectivity index (χ2v) is 4.86. The number of benzene rings is 1. The van der Waals surface area contributed by atoms with E-state index in [0.29, 0.717) is 17.9 Å². The van der Waals surface area contributed by atoms with E-state index in [1.54, 1.807) is 19.1 Å². The minimum absolute atomic E-state index is 0.0748. The molecule has 0 aliphatic rings. The van der Waals surface area contributed by atoms with E-state index >= 15 is 0 Å². The van der Waals surface area contributed by atoms with Crippen molar-refractivity contribution in [3.05, 3.63) is 53.8 Å². The van der Waals surface area contributed by atoms with Crippen LogP contribution in [0.5, 0.6) is 0 Å². The van der Waals surface area contributed by atoms with Crippen LogP contribution in [0.25, 0.3) is 17.4 Å². The quantitative estimate of drug-likeness (QED) is 0.471. The molecule has 0 amide bonds. The van der Waals surface area contributed by atoms with Gasteiger partial charge >= 0.3 is 5.97 Å². The third-order valence-electron chi connectivity index (χ3n) is 3.20. The highest BCUT2D eigenvalue weighted by molar-refractivity contribution is 5.97. The fourth-order valence-corrected chi connectivity index (χ4v) is 1.80. The van der Waals surface area contributed by atoms with Gasteiger partial charge in [-0.1, -0.05) is 37.3 Å². The van der Waals surface area contributed by atoms with Crippen LogP contribution in [0.3, 0.4) is 0 Å². The zero-order chi connectivity index (χ0) is 15.9. The lowest BCUT2D eigenvalue weighted by Crippen LogP contribution is -2.15. The molecule has 0 bridgehead atoms. The highest BCUT2D eigenvalue weighted by atomic mass is 16.5. The number of nitriles is 1. The van der Waals surface area contributed by atoms with Gasteiger partial charge in [0.15, 0.2) is 0 Å². The Bertz CT molecular complexity index is 707. The van der Waals surface area contributed by atoms with E-state index in [1.165, 1.54) is 6.08 Å². The summed E-state index contributed by atoms with van der Waals surface area (Å²) in [5, 5.41) is 9.11. The molecule has 0 saturated heterocycles. The van der Waals surface area contributed by atoms with Gasteiger partial charge in [-0.15, -0.1) is 0 Å². The fraction of sp³-hybridized carbons (Fsp3) is 0.222. The molecule has 1 aromatic carbocycles. The molecule has 2 aromatic rings. The first kappa shape index (κ1) is 15.6. The lowest BCUT2D eigenvalue weighted by molar-refractivity contribution is -0.142. The smallest absolute Gasteiger partial charge is 0.349 e. The largest absolute Gasteiger partial charge is 0.459 e. The molecule has 0 radical (unpaired) electrons. The average molecular weight is 295 g/mol. The van der Waals surface area contributed by atoms with E-state index in [0.717, 1.165) is 5.56 Å². The average Bonchev–Trinajstić information content (AvgIpc) is 3.01. The Hall–Kier alpha value is -2.80. The molecule has 2 rings (SSSR count). The van der Waals surface area contributed by atoms with Gasteiger partial charge in [0, 0.05) is 11.6 Å². The molecule has 0 aliphatic heterocycles. The number of ether oxygens (including phenoxy) is 1. The molecule has 1 aromatic heterocycles. The number of furan rings is 1. The van der Waals surface area contributed by atoms with Gasteiger partial charge in [0.05, 0.1) is 6.10 Å². The Kier molecular flexibility index (Phi) is 5.16. The number of esters is 1. The SMILES string of the molecule is CC[C@@H](C)OC(=O)/C(C#N)=C/c1ccc(-c2ccccc2)o1. The third-order valence-corrected chi connectivity index (χ3v) is 3.20. The van der Waals surface area contributed by atoms with Crippen LogP contribution in [0.2, 0.25) is 0 Å². The first-order chi connectivity index (χ1) is 10.6. The molecule has 0 aliphatic carbocycles. The topological polar surface area (TPSA) is 63.2 Å². The summed E-state index contributed by atoms with van der Waals surface area (Å²) in [6.07, 6.45) is 1.88. The van der Waals surface area contributed by atoms with Crippen molar-refractivity contribution in [1.82, 2.24) is 0 Å². The fourth-order valence-electron chi connectivity index (χ4n) is 1.80. The summed E-state index contributed by atoms with van der Waals surface area (Å²) in [7, 11) is 0. The minimum atomic E-state index is -0.630. The molecule has 112 valence electrons. The van der Waals surface area contributed by atoms with Crippen molar-refractivity contribution in [2.75, 3.05) is 0 Å². The van der Waals surface area contributed by atoms with Crippen LogP contribution >= 0.6 is 0 Å². The van der Waals surface area contributed by atoms with Gasteiger partial charge in [-0.05, 0) is 25.5 Å². The van der Waals surface area contributed by atoms with Gasteiger partial charge in [-0.25, -0.2) is 4.79 Å². The van der Waals surface area contributed by atoms with E-state index in [2.05, 4.69) is 0 Å². The summed E-state index contributed by atoms with van der Waals surface area (Å²) in [4.78, 5) is 11.9. The van der Waals surface area contributed by atoms with Crippen molar-refractivity contribution >= 4 is 12.0 Å². The molecule has 4 heteroatoms. The molecular formula is C18H17NO3. The predicted octanol–water partition coefficient (Wildman–Crippen LogP) is 4.20. The summed E-state index contributed by atoms with van der Waals surface area (Å²) in [6.45, 7) is 3.69. The zero-order valence-corrected chi connectivity index (χ0v) is 12.6. The van der Waals surface area contributed by atoms with Crippen LogP contribution in [0.1, 0.15) is 26.0 Å². The lowest BCUT2D eigenvalue weighted by atomic mass is 10.2. The maximum absolute atomic E-state index is 11.9. The summed E-state index contributed by atoms with van der Waals surface area (Å²) < 4.78 is 10.8. The van der Waals surface area contributed by atoms with E-state index in [4.69, 9.17) is 14.4 Å². The van der Waals surface area contributed by atoms with E-state index in [9.17, 15) is 4.79 Å². The van der Waals surface area contributed by atoms with Gasteiger partial charge in [-0.3, -0.25) is 0 Å². The minimum Gasteiger partial charge on any atom is -0.459 e. The molecule has 1 heterocycles. The van der Waals surface area contributed by atoms with E-state index in [-0.39, 0.29) is 11.7 Å². The Labute approximate surface area is 129 Å². The number of rotatable bonds is 5. The van der Waals surface area contributed by atoms with Gasteiger partial charge in [0.2, 0.25) is 0 Å². The van der Waals surface area contributed by atoms with Gasteiger partial charge in [0.25, 0.3) is 0 Å². The molecule has 4 nitrogen and oxygen atoms in total. The van der Waals surface area contributed by atoms with Crippen LogP contribution in [0.15, 0.2) is 52.5 Å². The number of hydrogen-bond acceptors (Lipinski definition) is 4. The van der Waals surface area contributed by atoms with Crippen LogP contribution < -0.4 is 0 Å². The monoisotopic (exact) mass is 295 g/mol. The highest BCUT2D eigenvalue weighted by Gasteiger charge is 2.14. The molecule has 0 saturated carbocycles. The Balaban J connectivity index is 2.19. The maximum atomic E-state index is 11.9. The van der Waals surface area contributed by atoms with Crippen molar-refractivity contribution in [3.63, 3.8) is 0 Å². The maximum Gasteiger partial charge on any atom is 0.349 e. The second kappa shape index (κ2) is 7.28. The number of hydrogen-bond donors (Lipinski definition) is 0. The predicted molar refractivity (Wildman–Crippen MR) is 83.6 cm³/mol. The van der Waals surface area contributed by atoms with Crippen molar-refractivity contribution in [2.45, 2.75) is 26.4 Å². The lowest BCUT2D eigenvalue weighted by Gasteiger charge is -2.09. The zero-order valence-electron chi connectivity index (χ0n) is 12.6.